The highest BCUT2D eigenvalue weighted by Gasteiger charge is 2.07. The van der Waals surface area contributed by atoms with Gasteiger partial charge in [-0.3, -0.25) is 0 Å². The minimum atomic E-state index is 0.362. The molecule has 3 heteroatoms. The molecule has 2 rings (SSSR count). The Kier molecular flexibility index (Phi) is 5.21. The number of aromatic nitrogens is 1. The highest BCUT2D eigenvalue weighted by molar-refractivity contribution is 7.99. The van der Waals surface area contributed by atoms with Gasteiger partial charge in [0.25, 0.3) is 0 Å². The van der Waals surface area contributed by atoms with Gasteiger partial charge in [-0.1, -0.05) is 30.8 Å². The van der Waals surface area contributed by atoms with Gasteiger partial charge in [-0.2, -0.15) is 0 Å². The molecule has 0 fully saturated rings. The van der Waals surface area contributed by atoms with Gasteiger partial charge in [0.15, 0.2) is 0 Å². The van der Waals surface area contributed by atoms with Gasteiger partial charge in [0.05, 0.1) is 0 Å². The lowest BCUT2D eigenvalue weighted by Gasteiger charge is -2.13. The minimum Gasteiger partial charge on any atom is -0.310 e. The van der Waals surface area contributed by atoms with Crippen molar-refractivity contribution in [1.82, 2.24) is 10.3 Å². The van der Waals surface area contributed by atoms with Gasteiger partial charge in [0.1, 0.15) is 5.03 Å². The molecule has 0 aliphatic rings. The van der Waals surface area contributed by atoms with Crippen LogP contribution in [-0.2, 0) is 0 Å². The number of benzene rings is 1. The van der Waals surface area contributed by atoms with E-state index in [1.54, 1.807) is 11.8 Å². The van der Waals surface area contributed by atoms with Crippen molar-refractivity contribution in [2.75, 3.05) is 6.54 Å². The van der Waals surface area contributed by atoms with E-state index in [1.165, 1.54) is 21.6 Å². The molecule has 0 aliphatic heterocycles. The van der Waals surface area contributed by atoms with Crippen LogP contribution in [0.5, 0.6) is 0 Å². The fourth-order valence-electron chi connectivity index (χ4n) is 2.10. The molecular formula is C17H22N2S. The van der Waals surface area contributed by atoms with E-state index in [0.29, 0.717) is 6.04 Å². The molecular weight excluding hydrogens is 264 g/mol. The summed E-state index contributed by atoms with van der Waals surface area (Å²) in [7, 11) is 0. The highest BCUT2D eigenvalue weighted by atomic mass is 32.2. The summed E-state index contributed by atoms with van der Waals surface area (Å²) in [5.74, 6) is 0. The molecule has 1 N–H and O–H groups in total. The Bertz CT molecular complexity index is 581. The lowest BCUT2D eigenvalue weighted by molar-refractivity contribution is 0.596. The molecule has 1 unspecified atom stereocenters. The molecule has 1 atom stereocenters. The second-order valence-corrected chi connectivity index (χ2v) is 6.14. The molecule has 0 bridgehead atoms. The van der Waals surface area contributed by atoms with Crippen LogP contribution in [0.2, 0.25) is 0 Å². The van der Waals surface area contributed by atoms with Crippen LogP contribution in [0, 0.1) is 13.8 Å². The molecule has 1 aromatic carbocycles. The first kappa shape index (κ1) is 15.1. The maximum absolute atomic E-state index is 4.48. The van der Waals surface area contributed by atoms with E-state index in [-0.39, 0.29) is 0 Å². The fourth-order valence-corrected chi connectivity index (χ4v) is 3.11. The van der Waals surface area contributed by atoms with Gasteiger partial charge in [0, 0.05) is 17.1 Å². The first-order valence-electron chi connectivity index (χ1n) is 7.04. The lowest BCUT2D eigenvalue weighted by atomic mass is 10.1. The van der Waals surface area contributed by atoms with Crippen molar-refractivity contribution in [3.8, 4) is 0 Å². The monoisotopic (exact) mass is 286 g/mol. The smallest absolute Gasteiger partial charge is 0.101 e. The quantitative estimate of drug-likeness (QED) is 0.874. The van der Waals surface area contributed by atoms with E-state index < -0.39 is 0 Å². The number of pyridine rings is 1. The zero-order valence-electron chi connectivity index (χ0n) is 12.6. The first-order chi connectivity index (χ1) is 9.60. The average Bonchev–Trinajstić information content (AvgIpc) is 2.43. The van der Waals surface area contributed by atoms with Crippen LogP contribution in [0.1, 0.15) is 36.6 Å². The standard InChI is InChI=1S/C17H22N2S/c1-5-18-14(4)15-8-9-19-17(11-15)20-16-10-12(2)6-7-13(16)3/h6-11,14,18H,5H2,1-4H3. The number of nitrogens with zero attached hydrogens (tertiary/aromatic N) is 1. The number of aryl methyl sites for hydroxylation is 2. The largest absolute Gasteiger partial charge is 0.310 e. The third kappa shape index (κ3) is 3.84. The maximum atomic E-state index is 4.48. The molecule has 0 saturated carbocycles. The second-order valence-electron chi connectivity index (χ2n) is 5.08. The topological polar surface area (TPSA) is 24.9 Å². The van der Waals surface area contributed by atoms with Crippen LogP contribution >= 0.6 is 11.8 Å². The molecule has 1 aromatic heterocycles. The summed E-state index contributed by atoms with van der Waals surface area (Å²) in [6.45, 7) is 9.56. The van der Waals surface area contributed by atoms with E-state index in [1.807, 2.05) is 6.20 Å². The van der Waals surface area contributed by atoms with E-state index in [2.05, 4.69) is 68.3 Å². The van der Waals surface area contributed by atoms with Crippen LogP contribution in [0.25, 0.3) is 0 Å². The summed E-state index contributed by atoms with van der Waals surface area (Å²) in [5, 5.41) is 4.49. The zero-order valence-corrected chi connectivity index (χ0v) is 13.4. The molecule has 106 valence electrons. The van der Waals surface area contributed by atoms with Gasteiger partial charge in [-0.15, -0.1) is 0 Å². The van der Waals surface area contributed by atoms with Crippen LogP contribution in [0.3, 0.4) is 0 Å². The van der Waals surface area contributed by atoms with E-state index in [0.717, 1.165) is 11.6 Å². The van der Waals surface area contributed by atoms with E-state index in [9.17, 15) is 0 Å². The molecule has 0 saturated heterocycles. The molecule has 2 nitrogen and oxygen atoms in total. The highest BCUT2D eigenvalue weighted by Crippen LogP contribution is 2.30. The van der Waals surface area contributed by atoms with Crippen LogP contribution < -0.4 is 5.32 Å². The fraction of sp³-hybridized carbons (Fsp3) is 0.353. The van der Waals surface area contributed by atoms with Crippen molar-refractivity contribution >= 4 is 11.8 Å². The Morgan fingerprint density at radius 3 is 2.75 bits per heavy atom. The Hall–Kier alpha value is -1.32. The molecule has 20 heavy (non-hydrogen) atoms. The lowest BCUT2D eigenvalue weighted by Crippen LogP contribution is -2.17. The van der Waals surface area contributed by atoms with Crippen molar-refractivity contribution in [3.63, 3.8) is 0 Å². The predicted molar refractivity (Wildman–Crippen MR) is 86.4 cm³/mol. The maximum Gasteiger partial charge on any atom is 0.101 e. The molecule has 0 amide bonds. The van der Waals surface area contributed by atoms with Gasteiger partial charge < -0.3 is 5.32 Å². The second kappa shape index (κ2) is 6.91. The third-order valence-electron chi connectivity index (χ3n) is 3.33. The molecule has 2 aromatic rings. The predicted octanol–water partition coefficient (Wildman–Crippen LogP) is 4.52. The number of hydrogen-bond donors (Lipinski definition) is 1. The number of hydrogen-bond acceptors (Lipinski definition) is 3. The van der Waals surface area contributed by atoms with Crippen molar-refractivity contribution in [3.05, 3.63) is 53.2 Å². The summed E-state index contributed by atoms with van der Waals surface area (Å²) in [4.78, 5) is 5.77. The summed E-state index contributed by atoms with van der Waals surface area (Å²) in [6, 6.07) is 11.2. The Balaban J connectivity index is 2.21. The van der Waals surface area contributed by atoms with Crippen molar-refractivity contribution < 1.29 is 0 Å². The SMILES string of the molecule is CCNC(C)c1ccnc(Sc2cc(C)ccc2C)c1. The van der Waals surface area contributed by atoms with Gasteiger partial charge in [-0.05, 0) is 62.2 Å². The Labute approximate surface area is 126 Å². The van der Waals surface area contributed by atoms with Crippen molar-refractivity contribution in [2.24, 2.45) is 0 Å². The van der Waals surface area contributed by atoms with Crippen molar-refractivity contribution in [1.29, 1.82) is 0 Å². The molecule has 0 radical (unpaired) electrons. The summed E-state index contributed by atoms with van der Waals surface area (Å²) < 4.78 is 0. The number of rotatable bonds is 5. The van der Waals surface area contributed by atoms with Crippen LogP contribution in [0.15, 0.2) is 46.5 Å². The average molecular weight is 286 g/mol. The van der Waals surface area contributed by atoms with E-state index in [4.69, 9.17) is 0 Å². The van der Waals surface area contributed by atoms with Gasteiger partial charge in [0.2, 0.25) is 0 Å². The van der Waals surface area contributed by atoms with Crippen molar-refractivity contribution in [2.45, 2.75) is 43.7 Å². The first-order valence-corrected chi connectivity index (χ1v) is 7.86. The Morgan fingerprint density at radius 2 is 2.00 bits per heavy atom. The Morgan fingerprint density at radius 1 is 1.20 bits per heavy atom. The van der Waals surface area contributed by atoms with E-state index >= 15 is 0 Å². The molecule has 0 spiro atoms. The third-order valence-corrected chi connectivity index (χ3v) is 4.42. The molecule has 0 aliphatic carbocycles. The van der Waals surface area contributed by atoms with Gasteiger partial charge in [-0.25, -0.2) is 4.98 Å². The minimum absolute atomic E-state index is 0.362. The summed E-state index contributed by atoms with van der Waals surface area (Å²) >= 11 is 1.74. The van der Waals surface area contributed by atoms with Crippen LogP contribution in [-0.4, -0.2) is 11.5 Å². The van der Waals surface area contributed by atoms with Crippen LogP contribution in [0.4, 0.5) is 0 Å². The normalized spacial score (nSPS) is 12.4. The summed E-state index contributed by atoms with van der Waals surface area (Å²) in [5.41, 5.74) is 3.87. The van der Waals surface area contributed by atoms with Gasteiger partial charge >= 0.3 is 0 Å². The number of nitrogens with one attached hydrogen (secondary N) is 1. The zero-order chi connectivity index (χ0) is 14.5. The molecule has 1 heterocycles. The summed E-state index contributed by atoms with van der Waals surface area (Å²) in [6.07, 6.45) is 1.90.